The van der Waals surface area contributed by atoms with Crippen LogP contribution in [0.3, 0.4) is 0 Å². The Hall–Kier alpha value is -0.780. The third kappa shape index (κ3) is 10.1. The summed E-state index contributed by atoms with van der Waals surface area (Å²) < 4.78 is 0. The lowest BCUT2D eigenvalue weighted by Crippen LogP contribution is -1.98. The van der Waals surface area contributed by atoms with E-state index in [1.807, 2.05) is 6.08 Å². The summed E-state index contributed by atoms with van der Waals surface area (Å²) in [5.74, 6) is 1.38. The summed E-state index contributed by atoms with van der Waals surface area (Å²) >= 11 is 0. The predicted octanol–water partition coefficient (Wildman–Crippen LogP) is 5.92. The summed E-state index contributed by atoms with van der Waals surface area (Å²) in [4.78, 5) is 0. The van der Waals surface area contributed by atoms with Crippen molar-refractivity contribution in [2.24, 2.45) is 11.8 Å². The summed E-state index contributed by atoms with van der Waals surface area (Å²) in [6, 6.07) is 0. The molecule has 0 heterocycles. The fourth-order valence-corrected chi connectivity index (χ4v) is 2.16. The Morgan fingerprint density at radius 3 is 2.29 bits per heavy atom. The van der Waals surface area contributed by atoms with Crippen molar-refractivity contribution in [3.8, 4) is 0 Å². The molecule has 0 aliphatic heterocycles. The molecule has 0 rings (SSSR count). The molecule has 0 amide bonds. The smallest absolute Gasteiger partial charge is 0.0288 e. The van der Waals surface area contributed by atoms with Gasteiger partial charge in [0.1, 0.15) is 0 Å². The minimum absolute atomic E-state index is 0.658. The highest BCUT2D eigenvalue weighted by molar-refractivity contribution is 5.05. The van der Waals surface area contributed by atoms with Gasteiger partial charge in [-0.05, 0) is 50.9 Å². The first-order valence-corrected chi connectivity index (χ1v) is 6.90. The van der Waals surface area contributed by atoms with Gasteiger partial charge in [-0.2, -0.15) is 0 Å². The van der Waals surface area contributed by atoms with Gasteiger partial charge >= 0.3 is 0 Å². The molecular formula is C17H30. The molecule has 0 N–H and O–H groups in total. The Morgan fingerprint density at radius 1 is 1.18 bits per heavy atom. The molecule has 0 aliphatic carbocycles. The molecule has 0 aromatic heterocycles. The van der Waals surface area contributed by atoms with Crippen molar-refractivity contribution in [1.82, 2.24) is 0 Å². The van der Waals surface area contributed by atoms with E-state index in [1.54, 1.807) is 5.57 Å². The van der Waals surface area contributed by atoms with Crippen molar-refractivity contribution in [3.63, 3.8) is 0 Å². The van der Waals surface area contributed by atoms with Crippen molar-refractivity contribution in [2.75, 3.05) is 0 Å². The Bertz CT molecular complexity index is 255. The van der Waals surface area contributed by atoms with Gasteiger partial charge in [-0.15, -0.1) is 13.2 Å². The van der Waals surface area contributed by atoms with Crippen LogP contribution in [0.15, 0.2) is 36.5 Å². The summed E-state index contributed by atoms with van der Waals surface area (Å²) in [6.45, 7) is 16.7. The topological polar surface area (TPSA) is 0 Å². The number of hydrogen-bond acceptors (Lipinski definition) is 0. The second-order valence-electron chi connectivity index (χ2n) is 5.71. The molecule has 1 unspecified atom stereocenters. The van der Waals surface area contributed by atoms with Gasteiger partial charge in [0.25, 0.3) is 0 Å². The van der Waals surface area contributed by atoms with Gasteiger partial charge in [0.15, 0.2) is 0 Å². The van der Waals surface area contributed by atoms with Crippen LogP contribution in [0, 0.1) is 11.8 Å². The Balaban J connectivity index is 4.24. The molecule has 17 heavy (non-hydrogen) atoms. The van der Waals surface area contributed by atoms with Crippen LogP contribution >= 0.6 is 0 Å². The van der Waals surface area contributed by atoms with Crippen LogP contribution in [-0.4, -0.2) is 0 Å². The van der Waals surface area contributed by atoms with E-state index in [9.17, 15) is 0 Å². The predicted molar refractivity (Wildman–Crippen MR) is 80.2 cm³/mol. The fourth-order valence-electron chi connectivity index (χ4n) is 2.16. The average molecular weight is 234 g/mol. The lowest BCUT2D eigenvalue weighted by molar-refractivity contribution is 0.564. The van der Waals surface area contributed by atoms with Crippen molar-refractivity contribution in [3.05, 3.63) is 36.5 Å². The van der Waals surface area contributed by atoms with Crippen molar-refractivity contribution < 1.29 is 0 Å². The summed E-state index contributed by atoms with van der Waals surface area (Å²) in [5, 5.41) is 0. The van der Waals surface area contributed by atoms with E-state index in [0.717, 1.165) is 18.8 Å². The van der Waals surface area contributed by atoms with Gasteiger partial charge in [-0.25, -0.2) is 0 Å². The van der Waals surface area contributed by atoms with Crippen LogP contribution in [-0.2, 0) is 0 Å². The van der Waals surface area contributed by atoms with Gasteiger partial charge in [0, 0.05) is 0 Å². The molecular weight excluding hydrogens is 204 g/mol. The third-order valence-electron chi connectivity index (χ3n) is 2.85. The van der Waals surface area contributed by atoms with E-state index in [-0.39, 0.29) is 0 Å². The molecule has 0 radical (unpaired) electrons. The van der Waals surface area contributed by atoms with Crippen molar-refractivity contribution in [2.45, 2.75) is 59.8 Å². The molecule has 0 spiro atoms. The summed E-state index contributed by atoms with van der Waals surface area (Å²) in [7, 11) is 0. The molecule has 0 saturated carbocycles. The van der Waals surface area contributed by atoms with E-state index in [0.29, 0.717) is 5.92 Å². The average Bonchev–Trinajstić information content (AvgIpc) is 2.15. The highest BCUT2D eigenvalue weighted by Crippen LogP contribution is 2.22. The maximum atomic E-state index is 3.97. The molecule has 0 saturated heterocycles. The molecule has 0 aliphatic rings. The maximum Gasteiger partial charge on any atom is -0.0288 e. The second-order valence-corrected chi connectivity index (χ2v) is 5.71. The number of hydrogen-bond donors (Lipinski definition) is 0. The quantitative estimate of drug-likeness (QED) is 0.434. The molecule has 0 heteroatoms. The largest absolute Gasteiger partial charge is 0.103 e. The van der Waals surface area contributed by atoms with Crippen LogP contribution in [0.4, 0.5) is 0 Å². The van der Waals surface area contributed by atoms with Crippen LogP contribution < -0.4 is 0 Å². The first kappa shape index (κ1) is 16.2. The van der Waals surface area contributed by atoms with Gasteiger partial charge < -0.3 is 0 Å². The lowest BCUT2D eigenvalue weighted by Gasteiger charge is -2.14. The molecule has 0 aromatic carbocycles. The van der Waals surface area contributed by atoms with E-state index in [2.05, 4.69) is 46.9 Å². The second kappa shape index (κ2) is 9.27. The van der Waals surface area contributed by atoms with Gasteiger partial charge in [-0.3, -0.25) is 0 Å². The highest BCUT2D eigenvalue weighted by atomic mass is 14.1. The summed E-state index contributed by atoms with van der Waals surface area (Å²) in [5.41, 5.74) is 2.92. The molecule has 0 bridgehead atoms. The minimum Gasteiger partial charge on any atom is -0.103 e. The van der Waals surface area contributed by atoms with E-state index in [4.69, 9.17) is 0 Å². The van der Waals surface area contributed by atoms with Gasteiger partial charge in [0.05, 0.1) is 0 Å². The highest BCUT2D eigenvalue weighted by Gasteiger charge is 2.05. The zero-order valence-electron chi connectivity index (χ0n) is 12.3. The zero-order valence-corrected chi connectivity index (χ0v) is 12.3. The van der Waals surface area contributed by atoms with Crippen molar-refractivity contribution in [1.29, 1.82) is 0 Å². The normalized spacial score (nSPS) is 13.8. The molecule has 1 atom stereocenters. The Morgan fingerprint density at radius 2 is 1.82 bits per heavy atom. The van der Waals surface area contributed by atoms with E-state index >= 15 is 0 Å². The Kier molecular flexibility index (Phi) is 8.85. The third-order valence-corrected chi connectivity index (χ3v) is 2.85. The maximum absolute atomic E-state index is 3.97. The standard InChI is InChI=1S/C17H30/c1-7-9-16(6)13-17(12-15(4)5)11-8-10-14(2)3/h7,12,15-16H,1-2,8-11,13H2,3-6H3. The minimum atomic E-state index is 0.658. The molecule has 0 aromatic rings. The van der Waals surface area contributed by atoms with Crippen LogP contribution in [0.5, 0.6) is 0 Å². The molecule has 0 fully saturated rings. The fraction of sp³-hybridized carbons (Fsp3) is 0.647. The lowest BCUT2D eigenvalue weighted by atomic mass is 9.92. The summed E-state index contributed by atoms with van der Waals surface area (Å²) in [6.07, 6.45) is 10.5. The zero-order chi connectivity index (χ0) is 13.3. The van der Waals surface area contributed by atoms with E-state index in [1.165, 1.54) is 24.8 Å². The number of rotatable bonds is 9. The monoisotopic (exact) mass is 234 g/mol. The van der Waals surface area contributed by atoms with Gasteiger partial charge in [-0.1, -0.05) is 44.1 Å². The first-order valence-electron chi connectivity index (χ1n) is 6.90. The van der Waals surface area contributed by atoms with Gasteiger partial charge in [0.2, 0.25) is 0 Å². The van der Waals surface area contributed by atoms with Crippen molar-refractivity contribution >= 4 is 0 Å². The first-order chi connectivity index (χ1) is 7.95. The SMILES string of the molecule is C=CCC(C)CC(=CC(C)C)CCCC(=C)C. The van der Waals surface area contributed by atoms with Crippen LogP contribution in [0.1, 0.15) is 59.8 Å². The van der Waals surface area contributed by atoms with Crippen LogP contribution in [0.2, 0.25) is 0 Å². The Labute approximate surface area is 109 Å². The number of allylic oxidation sites excluding steroid dienone is 4. The molecule has 0 nitrogen and oxygen atoms in total. The van der Waals surface area contributed by atoms with E-state index < -0.39 is 0 Å². The van der Waals surface area contributed by atoms with Crippen LogP contribution in [0.25, 0.3) is 0 Å². The molecule has 98 valence electrons.